The van der Waals surface area contributed by atoms with Gasteiger partial charge in [0.05, 0.1) is 5.69 Å². The van der Waals surface area contributed by atoms with Crippen molar-refractivity contribution >= 4 is 23.5 Å². The zero-order valence-electron chi connectivity index (χ0n) is 12.9. The average Bonchev–Trinajstić information content (AvgIpc) is 2.52. The van der Waals surface area contributed by atoms with Crippen molar-refractivity contribution in [1.29, 1.82) is 0 Å². The van der Waals surface area contributed by atoms with E-state index in [1.54, 1.807) is 17.8 Å². The molecule has 0 aliphatic rings. The van der Waals surface area contributed by atoms with Gasteiger partial charge in [0.15, 0.2) is 5.16 Å². The Labute approximate surface area is 140 Å². The van der Waals surface area contributed by atoms with Gasteiger partial charge in [0, 0.05) is 17.6 Å². The summed E-state index contributed by atoms with van der Waals surface area (Å²) < 4.78 is 0. The van der Waals surface area contributed by atoms with Crippen molar-refractivity contribution in [2.45, 2.75) is 37.1 Å². The van der Waals surface area contributed by atoms with Gasteiger partial charge in [0.2, 0.25) is 0 Å². The number of benzene rings is 1. The summed E-state index contributed by atoms with van der Waals surface area (Å²) in [5, 5.41) is 0.743. The third-order valence-corrected chi connectivity index (χ3v) is 5.22. The largest absolute Gasteiger partial charge is 0.301 e. The van der Waals surface area contributed by atoms with Gasteiger partial charge in [0.1, 0.15) is 0 Å². The fourth-order valence-corrected chi connectivity index (χ4v) is 3.66. The maximum absolute atomic E-state index is 11.7. The molecule has 0 fully saturated rings. The number of nitrogens with one attached hydrogen (secondary N) is 1. The lowest BCUT2D eigenvalue weighted by Gasteiger charge is -2.04. The number of H-pyrrole nitrogens is 1. The summed E-state index contributed by atoms with van der Waals surface area (Å²) in [4.78, 5) is 19.0. The van der Waals surface area contributed by atoms with E-state index in [-0.39, 0.29) is 5.56 Å². The summed E-state index contributed by atoms with van der Waals surface area (Å²) in [5.41, 5.74) is 2.19. The van der Waals surface area contributed by atoms with Crippen LogP contribution in [-0.4, -0.2) is 21.5 Å². The molecule has 0 unspecified atom stereocenters. The van der Waals surface area contributed by atoms with Crippen LogP contribution in [0.3, 0.4) is 0 Å². The van der Waals surface area contributed by atoms with Crippen molar-refractivity contribution < 1.29 is 0 Å². The molecule has 0 atom stereocenters. The highest BCUT2D eigenvalue weighted by molar-refractivity contribution is 7.99. The number of rotatable bonds is 9. The van der Waals surface area contributed by atoms with Gasteiger partial charge in [-0.25, -0.2) is 4.98 Å². The van der Waals surface area contributed by atoms with E-state index >= 15 is 0 Å². The highest BCUT2D eigenvalue weighted by Gasteiger charge is 2.03. The van der Waals surface area contributed by atoms with Gasteiger partial charge in [-0.3, -0.25) is 4.79 Å². The molecule has 22 heavy (non-hydrogen) atoms. The van der Waals surface area contributed by atoms with Crippen LogP contribution in [0.1, 0.15) is 31.0 Å². The summed E-state index contributed by atoms with van der Waals surface area (Å²) in [7, 11) is 0. The molecule has 0 aliphatic heterocycles. The predicted octanol–water partition coefficient (Wildman–Crippen LogP) is 4.14. The van der Waals surface area contributed by atoms with E-state index in [9.17, 15) is 4.79 Å². The van der Waals surface area contributed by atoms with E-state index in [2.05, 4.69) is 41.2 Å². The third kappa shape index (κ3) is 6.28. The first-order chi connectivity index (χ1) is 10.8. The molecule has 0 radical (unpaired) electrons. The van der Waals surface area contributed by atoms with Crippen LogP contribution in [0, 0.1) is 0 Å². The zero-order chi connectivity index (χ0) is 15.6. The SMILES string of the molecule is CCCSCc1cc(=O)[nH]c(SCCCc2ccccc2)n1. The molecular formula is C17H22N2OS2. The van der Waals surface area contributed by atoms with Crippen molar-refractivity contribution in [2.75, 3.05) is 11.5 Å². The fourth-order valence-electron chi connectivity index (χ4n) is 2.04. The second-order valence-corrected chi connectivity index (χ2v) is 7.22. The van der Waals surface area contributed by atoms with Gasteiger partial charge < -0.3 is 4.98 Å². The number of aromatic nitrogens is 2. The fraction of sp³-hybridized carbons (Fsp3) is 0.412. The normalized spacial score (nSPS) is 10.8. The third-order valence-electron chi connectivity index (χ3n) is 3.06. The Hall–Kier alpha value is -1.20. The number of thioether (sulfide) groups is 2. The monoisotopic (exact) mass is 334 g/mol. The first-order valence-electron chi connectivity index (χ1n) is 7.62. The molecule has 5 heteroatoms. The summed E-state index contributed by atoms with van der Waals surface area (Å²) in [6.45, 7) is 2.16. The standard InChI is InChI=1S/C17H22N2OS2/c1-2-10-21-13-15-12-16(20)19-17(18-15)22-11-6-9-14-7-4-3-5-8-14/h3-5,7-8,12H,2,6,9-11,13H2,1H3,(H,18,19,20). The Bertz CT molecular complexity index is 614. The highest BCUT2D eigenvalue weighted by atomic mass is 32.2. The van der Waals surface area contributed by atoms with Gasteiger partial charge in [0.25, 0.3) is 5.56 Å². The molecule has 1 aromatic carbocycles. The van der Waals surface area contributed by atoms with Crippen molar-refractivity contribution in [2.24, 2.45) is 0 Å². The Kier molecular flexibility index (Phi) is 7.60. The molecule has 3 nitrogen and oxygen atoms in total. The van der Waals surface area contributed by atoms with E-state index in [0.29, 0.717) is 0 Å². The number of aromatic amines is 1. The van der Waals surface area contributed by atoms with Gasteiger partial charge in [-0.1, -0.05) is 49.0 Å². The first-order valence-corrected chi connectivity index (χ1v) is 9.76. The van der Waals surface area contributed by atoms with E-state index < -0.39 is 0 Å². The minimum absolute atomic E-state index is 0.0485. The second kappa shape index (κ2) is 9.74. The molecule has 0 amide bonds. The number of hydrogen-bond donors (Lipinski definition) is 1. The first kappa shape index (κ1) is 17.2. The predicted molar refractivity (Wildman–Crippen MR) is 96.8 cm³/mol. The molecule has 1 N–H and O–H groups in total. The van der Waals surface area contributed by atoms with Crippen LogP contribution in [0.25, 0.3) is 0 Å². The number of nitrogens with zero attached hydrogens (tertiary/aromatic N) is 1. The van der Waals surface area contributed by atoms with Crippen molar-refractivity contribution in [3.05, 3.63) is 58.0 Å². The average molecular weight is 335 g/mol. The van der Waals surface area contributed by atoms with E-state index in [1.165, 1.54) is 5.56 Å². The van der Waals surface area contributed by atoms with Crippen LogP contribution in [-0.2, 0) is 12.2 Å². The lowest BCUT2D eigenvalue weighted by molar-refractivity contribution is 0.886. The molecule has 0 aliphatic carbocycles. The van der Waals surface area contributed by atoms with Crippen LogP contribution < -0.4 is 5.56 Å². The van der Waals surface area contributed by atoms with Gasteiger partial charge in [-0.2, -0.15) is 11.8 Å². The Morgan fingerprint density at radius 1 is 1.18 bits per heavy atom. The molecule has 0 saturated carbocycles. The molecule has 118 valence electrons. The van der Waals surface area contributed by atoms with E-state index in [0.717, 1.165) is 47.4 Å². The molecule has 1 heterocycles. The van der Waals surface area contributed by atoms with Crippen molar-refractivity contribution in [3.8, 4) is 0 Å². The van der Waals surface area contributed by atoms with E-state index in [1.807, 2.05) is 17.8 Å². The Balaban J connectivity index is 1.80. The summed E-state index contributed by atoms with van der Waals surface area (Å²) in [6, 6.07) is 12.1. The molecule has 1 aromatic heterocycles. The minimum Gasteiger partial charge on any atom is -0.301 e. The topological polar surface area (TPSA) is 45.8 Å². The van der Waals surface area contributed by atoms with Gasteiger partial charge >= 0.3 is 0 Å². The van der Waals surface area contributed by atoms with Crippen molar-refractivity contribution in [1.82, 2.24) is 9.97 Å². The molecule has 2 rings (SSSR count). The maximum Gasteiger partial charge on any atom is 0.251 e. The lowest BCUT2D eigenvalue weighted by Crippen LogP contribution is -2.09. The highest BCUT2D eigenvalue weighted by Crippen LogP contribution is 2.16. The number of hydrogen-bond acceptors (Lipinski definition) is 4. The molecule has 2 aromatic rings. The lowest BCUT2D eigenvalue weighted by atomic mass is 10.1. The van der Waals surface area contributed by atoms with Crippen LogP contribution in [0.4, 0.5) is 0 Å². The quantitative estimate of drug-likeness (QED) is 0.425. The second-order valence-electron chi connectivity index (χ2n) is 5.03. The molecule has 0 saturated heterocycles. The number of aryl methyl sites for hydroxylation is 1. The minimum atomic E-state index is -0.0485. The molecular weight excluding hydrogens is 312 g/mol. The maximum atomic E-state index is 11.7. The van der Waals surface area contributed by atoms with E-state index in [4.69, 9.17) is 0 Å². The van der Waals surface area contributed by atoms with Crippen molar-refractivity contribution in [3.63, 3.8) is 0 Å². The van der Waals surface area contributed by atoms with Gasteiger partial charge in [-0.05, 0) is 30.6 Å². The molecule has 0 bridgehead atoms. The molecule has 0 spiro atoms. The van der Waals surface area contributed by atoms with Gasteiger partial charge in [-0.15, -0.1) is 0 Å². The Morgan fingerprint density at radius 3 is 2.77 bits per heavy atom. The van der Waals surface area contributed by atoms with Crippen LogP contribution in [0.15, 0.2) is 46.3 Å². The summed E-state index contributed by atoms with van der Waals surface area (Å²) in [5.74, 6) is 2.88. The summed E-state index contributed by atoms with van der Waals surface area (Å²) >= 11 is 3.46. The Morgan fingerprint density at radius 2 is 2.00 bits per heavy atom. The smallest absolute Gasteiger partial charge is 0.251 e. The van der Waals surface area contributed by atoms with Crippen LogP contribution in [0.5, 0.6) is 0 Å². The van der Waals surface area contributed by atoms with Crippen LogP contribution >= 0.6 is 23.5 Å². The zero-order valence-corrected chi connectivity index (χ0v) is 14.5. The summed E-state index contributed by atoms with van der Waals surface area (Å²) in [6.07, 6.45) is 3.28. The van der Waals surface area contributed by atoms with Crippen LogP contribution in [0.2, 0.25) is 0 Å².